The predicted molar refractivity (Wildman–Crippen MR) is 102 cm³/mol. The fraction of sp³-hybridized carbons (Fsp3) is 0.250. The third kappa shape index (κ3) is 3.40. The highest BCUT2D eigenvalue weighted by Crippen LogP contribution is 2.44. The van der Waals surface area contributed by atoms with Crippen molar-refractivity contribution in [1.82, 2.24) is 9.97 Å². The van der Waals surface area contributed by atoms with Gasteiger partial charge in [0.1, 0.15) is 5.52 Å². The van der Waals surface area contributed by atoms with E-state index in [-0.39, 0.29) is 28.6 Å². The quantitative estimate of drug-likeness (QED) is 0.481. The van der Waals surface area contributed by atoms with Gasteiger partial charge in [0.2, 0.25) is 5.60 Å². The van der Waals surface area contributed by atoms with Crippen LogP contribution in [-0.4, -0.2) is 35.8 Å². The Balaban J connectivity index is 1.78. The fourth-order valence-electron chi connectivity index (χ4n) is 2.93. The zero-order valence-corrected chi connectivity index (χ0v) is 16.1. The summed E-state index contributed by atoms with van der Waals surface area (Å²) >= 11 is 0. The van der Waals surface area contributed by atoms with Gasteiger partial charge in [-0.1, -0.05) is 0 Å². The van der Waals surface area contributed by atoms with Gasteiger partial charge < -0.3 is 24.7 Å². The molecule has 1 saturated carbocycles. The maximum absolute atomic E-state index is 14.2. The Kier molecular flexibility index (Phi) is 4.76. The first-order valence-corrected chi connectivity index (χ1v) is 8.90. The van der Waals surface area contributed by atoms with Gasteiger partial charge in [-0.05, 0) is 0 Å². The number of carbonyl (C=O) groups is 1. The van der Waals surface area contributed by atoms with Crippen molar-refractivity contribution in [3.8, 4) is 23.1 Å². The van der Waals surface area contributed by atoms with Crippen LogP contribution in [0.1, 0.15) is 12.8 Å². The summed E-state index contributed by atoms with van der Waals surface area (Å²) in [6, 6.07) is 4.81. The minimum absolute atomic E-state index is 0.00370. The second kappa shape index (κ2) is 7.29. The molecular weight excluding hydrogens is 400 g/mol. The molecule has 4 rings (SSSR count). The number of pyridine rings is 2. The maximum Gasteiger partial charge on any atom is 0.350 e. The Morgan fingerprint density at radius 2 is 1.83 bits per heavy atom. The summed E-state index contributed by atoms with van der Waals surface area (Å²) in [7, 11) is 2.68. The summed E-state index contributed by atoms with van der Waals surface area (Å²) in [6.45, 7) is 0. The molecule has 10 heteroatoms. The number of rotatable bonds is 6. The maximum atomic E-state index is 14.2. The summed E-state index contributed by atoms with van der Waals surface area (Å²) in [5, 5.41) is 0. The third-order valence-electron chi connectivity index (χ3n) is 4.61. The number of benzene rings is 1. The number of aromatic nitrogens is 2. The standard InChI is InChI=1S/C20H17F2N3O5/c1-27-15-9-13-16(25-18(15)30-20(4-5-20)19(26)28-2)14(3-6-24-13)29-17-11(21)7-10(23)8-12(17)22/h3,6-9H,4-5,23H2,1-2H3. The number of anilines is 1. The second-order valence-electron chi connectivity index (χ2n) is 6.68. The Hall–Kier alpha value is -3.69. The monoisotopic (exact) mass is 417 g/mol. The molecule has 3 aromatic rings. The topological polar surface area (TPSA) is 106 Å². The van der Waals surface area contributed by atoms with Gasteiger partial charge in [0.25, 0.3) is 5.88 Å². The molecule has 0 unspecified atom stereocenters. The largest absolute Gasteiger partial charge is 0.491 e. The molecule has 0 atom stereocenters. The van der Waals surface area contributed by atoms with Crippen molar-refractivity contribution in [3.05, 3.63) is 42.1 Å². The molecule has 0 bridgehead atoms. The molecule has 0 spiro atoms. The molecule has 8 nitrogen and oxygen atoms in total. The van der Waals surface area contributed by atoms with E-state index >= 15 is 0 Å². The minimum atomic E-state index is -1.14. The Morgan fingerprint density at radius 1 is 1.13 bits per heavy atom. The Bertz CT molecular complexity index is 1130. The zero-order valence-electron chi connectivity index (χ0n) is 16.1. The van der Waals surface area contributed by atoms with Gasteiger partial charge in [0, 0.05) is 49.0 Å². The number of nitrogens with two attached hydrogens (primary N) is 1. The molecule has 1 aliphatic rings. The van der Waals surface area contributed by atoms with E-state index in [4.69, 9.17) is 24.7 Å². The Morgan fingerprint density at radius 3 is 2.43 bits per heavy atom. The molecule has 1 aliphatic carbocycles. The number of nitrogen functional groups attached to an aromatic ring is 1. The molecule has 2 aromatic heterocycles. The van der Waals surface area contributed by atoms with E-state index in [2.05, 4.69) is 9.97 Å². The number of hydrogen-bond donors (Lipinski definition) is 1. The van der Waals surface area contributed by atoms with Gasteiger partial charge in [-0.15, -0.1) is 0 Å². The second-order valence-corrected chi connectivity index (χ2v) is 6.68. The van der Waals surface area contributed by atoms with Crippen LogP contribution in [0.25, 0.3) is 11.0 Å². The molecular formula is C20H17F2N3O5. The fourth-order valence-corrected chi connectivity index (χ4v) is 2.93. The van der Waals surface area contributed by atoms with E-state index in [0.717, 1.165) is 12.1 Å². The Labute approximate surface area is 169 Å². The van der Waals surface area contributed by atoms with Crippen LogP contribution in [-0.2, 0) is 9.53 Å². The molecule has 30 heavy (non-hydrogen) atoms. The SMILES string of the molecule is COC(=O)C1(Oc2nc3c(Oc4c(F)cc(N)cc4F)ccnc3cc2OC)CC1. The van der Waals surface area contributed by atoms with Crippen molar-refractivity contribution in [2.24, 2.45) is 0 Å². The van der Waals surface area contributed by atoms with E-state index in [1.54, 1.807) is 0 Å². The van der Waals surface area contributed by atoms with Crippen molar-refractivity contribution in [2.75, 3.05) is 20.0 Å². The van der Waals surface area contributed by atoms with Crippen LogP contribution in [0.5, 0.6) is 23.1 Å². The van der Waals surface area contributed by atoms with Crippen LogP contribution in [0.15, 0.2) is 30.5 Å². The highest BCUT2D eigenvalue weighted by atomic mass is 19.1. The van der Waals surface area contributed by atoms with Gasteiger partial charge in [0.15, 0.2) is 28.9 Å². The van der Waals surface area contributed by atoms with Crippen molar-refractivity contribution >= 4 is 22.7 Å². The predicted octanol–water partition coefficient (Wildman–Crippen LogP) is 3.38. The van der Waals surface area contributed by atoms with Crippen molar-refractivity contribution in [3.63, 3.8) is 0 Å². The number of ether oxygens (including phenoxy) is 4. The number of nitrogens with zero attached hydrogens (tertiary/aromatic N) is 2. The van der Waals surface area contributed by atoms with Gasteiger partial charge in [0.05, 0.1) is 19.7 Å². The number of carbonyl (C=O) groups excluding carboxylic acids is 1. The lowest BCUT2D eigenvalue weighted by Gasteiger charge is -2.17. The lowest BCUT2D eigenvalue weighted by atomic mass is 10.2. The van der Waals surface area contributed by atoms with Crippen LogP contribution < -0.4 is 19.9 Å². The summed E-state index contributed by atoms with van der Waals surface area (Å²) in [4.78, 5) is 20.6. The van der Waals surface area contributed by atoms with Gasteiger partial charge >= 0.3 is 5.97 Å². The summed E-state index contributed by atoms with van der Waals surface area (Å²) < 4.78 is 49.7. The lowest BCUT2D eigenvalue weighted by molar-refractivity contribution is -0.151. The summed E-state index contributed by atoms with van der Waals surface area (Å²) in [5.74, 6) is -2.84. The minimum Gasteiger partial charge on any atom is -0.491 e. The van der Waals surface area contributed by atoms with Crippen molar-refractivity contribution in [2.45, 2.75) is 18.4 Å². The third-order valence-corrected chi connectivity index (χ3v) is 4.61. The van der Waals surface area contributed by atoms with Crippen LogP contribution in [0, 0.1) is 11.6 Å². The molecule has 0 saturated heterocycles. The number of hydrogen-bond acceptors (Lipinski definition) is 8. The molecule has 156 valence electrons. The molecule has 0 amide bonds. The van der Waals surface area contributed by atoms with Crippen LogP contribution in [0.2, 0.25) is 0 Å². The average molecular weight is 417 g/mol. The molecule has 0 radical (unpaired) electrons. The number of halogens is 2. The zero-order chi connectivity index (χ0) is 21.5. The normalized spacial score (nSPS) is 14.3. The summed E-state index contributed by atoms with van der Waals surface area (Å²) in [5.41, 5.74) is 4.71. The van der Waals surface area contributed by atoms with Gasteiger partial charge in [-0.2, -0.15) is 0 Å². The smallest absolute Gasteiger partial charge is 0.350 e. The van der Waals surface area contributed by atoms with E-state index in [1.165, 1.54) is 32.5 Å². The van der Waals surface area contributed by atoms with Crippen molar-refractivity contribution in [1.29, 1.82) is 0 Å². The van der Waals surface area contributed by atoms with E-state index in [1.807, 2.05) is 0 Å². The molecule has 0 aliphatic heterocycles. The van der Waals surface area contributed by atoms with Crippen molar-refractivity contribution < 1.29 is 32.5 Å². The molecule has 2 N–H and O–H groups in total. The van der Waals surface area contributed by atoms with E-state index in [9.17, 15) is 13.6 Å². The number of esters is 1. The molecule has 2 heterocycles. The summed E-state index contributed by atoms with van der Waals surface area (Å²) in [6.07, 6.45) is 2.31. The first-order valence-electron chi connectivity index (χ1n) is 8.90. The van der Waals surface area contributed by atoms with Crippen LogP contribution in [0.3, 0.4) is 0 Å². The first-order chi connectivity index (χ1) is 14.4. The highest BCUT2D eigenvalue weighted by molar-refractivity contribution is 5.85. The average Bonchev–Trinajstić information content (AvgIpc) is 3.50. The lowest BCUT2D eigenvalue weighted by Crippen LogP contribution is -2.31. The number of methoxy groups -OCH3 is 2. The van der Waals surface area contributed by atoms with Crippen LogP contribution in [0.4, 0.5) is 14.5 Å². The van der Waals surface area contributed by atoms with Gasteiger partial charge in [-0.25, -0.2) is 18.6 Å². The molecule has 1 fully saturated rings. The van der Waals surface area contributed by atoms with Crippen LogP contribution >= 0.6 is 0 Å². The van der Waals surface area contributed by atoms with E-state index < -0.39 is 29.0 Å². The first kappa shape index (κ1) is 19.6. The van der Waals surface area contributed by atoms with Gasteiger partial charge in [-0.3, -0.25) is 4.98 Å². The highest BCUT2D eigenvalue weighted by Gasteiger charge is 2.55. The van der Waals surface area contributed by atoms with E-state index in [0.29, 0.717) is 18.4 Å². The number of fused-ring (bicyclic) bond motifs is 1. The molecule has 1 aromatic carbocycles.